The van der Waals surface area contributed by atoms with Crippen LogP contribution in [0.4, 0.5) is 0 Å². The van der Waals surface area contributed by atoms with Gasteiger partial charge in [-0.3, -0.25) is 4.57 Å². The zero-order valence-corrected chi connectivity index (χ0v) is 13.3. The summed E-state index contributed by atoms with van der Waals surface area (Å²) < 4.78 is 22.8. The zero-order chi connectivity index (χ0) is 12.7. The highest BCUT2D eigenvalue weighted by Crippen LogP contribution is 2.46. The van der Waals surface area contributed by atoms with Gasteiger partial charge >= 0.3 is 7.60 Å². The average Bonchev–Trinajstić information content (AvgIpc) is 2.06. The normalized spacial score (nSPS) is 16.1. The minimum Gasteiger partial charge on any atom is -0.351 e. The van der Waals surface area contributed by atoms with Crippen LogP contribution in [0.1, 0.15) is 39.0 Å². The summed E-state index contributed by atoms with van der Waals surface area (Å²) in [5.74, 6) is 0. The summed E-state index contributed by atoms with van der Waals surface area (Å²) in [6.45, 7) is 10.4. The van der Waals surface area contributed by atoms with E-state index in [1.807, 2.05) is 19.6 Å². The number of unbranched alkanes of at least 4 members (excludes halogenated alkanes) is 4. The Morgan fingerprint density at radius 1 is 1.06 bits per heavy atom. The summed E-state index contributed by atoms with van der Waals surface area (Å²) in [4.78, 5) is 0. The fourth-order valence-corrected chi connectivity index (χ4v) is 6.11. The van der Waals surface area contributed by atoms with E-state index in [4.69, 9.17) is 8.74 Å². The van der Waals surface area contributed by atoms with Crippen molar-refractivity contribution in [1.82, 2.24) is 0 Å². The van der Waals surface area contributed by atoms with Gasteiger partial charge < -0.3 is 8.74 Å². The van der Waals surface area contributed by atoms with Crippen LogP contribution in [0.25, 0.3) is 0 Å². The molecule has 0 aliphatic carbocycles. The molecule has 0 radical (unpaired) electrons. The smallest absolute Gasteiger partial charge is 0.318 e. The molecule has 0 aliphatic rings. The van der Waals surface area contributed by atoms with Crippen LogP contribution < -0.4 is 0 Å². The lowest BCUT2D eigenvalue weighted by Crippen LogP contribution is -2.24. The molecule has 0 heterocycles. The van der Waals surface area contributed by atoms with Crippen LogP contribution in [-0.2, 0) is 13.3 Å². The van der Waals surface area contributed by atoms with E-state index < -0.39 is 15.9 Å². The molecule has 0 aromatic heterocycles. The average molecular weight is 266 g/mol. The Morgan fingerprint density at radius 2 is 1.62 bits per heavy atom. The van der Waals surface area contributed by atoms with Crippen molar-refractivity contribution in [3.63, 3.8) is 0 Å². The van der Waals surface area contributed by atoms with E-state index in [0.29, 0.717) is 6.61 Å². The molecule has 0 saturated carbocycles. The summed E-state index contributed by atoms with van der Waals surface area (Å²) in [5, 5.41) is 0. The molecule has 0 saturated heterocycles. The predicted molar refractivity (Wildman–Crippen MR) is 72.7 cm³/mol. The van der Waals surface area contributed by atoms with Crippen molar-refractivity contribution in [3.8, 4) is 0 Å². The Bertz CT molecular complexity index is 226. The molecule has 3 nitrogen and oxygen atoms in total. The first-order valence-electron chi connectivity index (χ1n) is 6.19. The summed E-state index contributed by atoms with van der Waals surface area (Å²) in [6.07, 6.45) is 5.89. The lowest BCUT2D eigenvalue weighted by molar-refractivity contribution is 0.261. The summed E-state index contributed by atoms with van der Waals surface area (Å²) >= 11 is 0. The molecule has 0 bridgehead atoms. The van der Waals surface area contributed by atoms with E-state index in [-0.39, 0.29) is 0 Å². The molecule has 16 heavy (non-hydrogen) atoms. The molecular weight excluding hydrogens is 239 g/mol. The van der Waals surface area contributed by atoms with Crippen molar-refractivity contribution in [2.75, 3.05) is 13.3 Å². The SMILES string of the molecule is CCCCCCCOP(C)(=O)O[Si](C)(C)C. The molecule has 0 aromatic carbocycles. The third kappa shape index (κ3) is 10.9. The molecule has 1 unspecified atom stereocenters. The Balaban J connectivity index is 3.63. The van der Waals surface area contributed by atoms with Crippen LogP contribution in [0.15, 0.2) is 0 Å². The van der Waals surface area contributed by atoms with Gasteiger partial charge in [-0.25, -0.2) is 0 Å². The maximum atomic E-state index is 11.9. The van der Waals surface area contributed by atoms with E-state index in [2.05, 4.69) is 6.92 Å². The van der Waals surface area contributed by atoms with E-state index in [1.54, 1.807) is 6.66 Å². The molecule has 0 spiro atoms. The minimum absolute atomic E-state index is 0.558. The van der Waals surface area contributed by atoms with Crippen LogP contribution in [-0.4, -0.2) is 21.6 Å². The maximum Gasteiger partial charge on any atom is 0.318 e. The lowest BCUT2D eigenvalue weighted by Gasteiger charge is -2.23. The lowest BCUT2D eigenvalue weighted by atomic mass is 10.2. The van der Waals surface area contributed by atoms with Gasteiger partial charge in [0.05, 0.1) is 6.61 Å². The van der Waals surface area contributed by atoms with Crippen molar-refractivity contribution >= 4 is 15.9 Å². The Labute approximate surface area is 102 Å². The van der Waals surface area contributed by atoms with Gasteiger partial charge in [-0.15, -0.1) is 0 Å². The maximum absolute atomic E-state index is 11.9. The highest BCUT2D eigenvalue weighted by molar-refractivity contribution is 7.54. The first-order chi connectivity index (χ1) is 7.27. The van der Waals surface area contributed by atoms with Crippen molar-refractivity contribution in [2.24, 2.45) is 0 Å². The van der Waals surface area contributed by atoms with Crippen LogP contribution in [0, 0.1) is 0 Å². The van der Waals surface area contributed by atoms with Crippen molar-refractivity contribution in [2.45, 2.75) is 58.7 Å². The van der Waals surface area contributed by atoms with Gasteiger partial charge in [-0.05, 0) is 26.1 Å². The van der Waals surface area contributed by atoms with Crippen LogP contribution in [0.3, 0.4) is 0 Å². The molecule has 0 amide bonds. The minimum atomic E-state index is -2.81. The third-order valence-electron chi connectivity index (χ3n) is 2.01. The van der Waals surface area contributed by atoms with Gasteiger partial charge in [0, 0.05) is 6.66 Å². The van der Waals surface area contributed by atoms with Gasteiger partial charge in [0.1, 0.15) is 0 Å². The van der Waals surface area contributed by atoms with Crippen molar-refractivity contribution < 1.29 is 13.3 Å². The van der Waals surface area contributed by atoms with Crippen LogP contribution in [0.5, 0.6) is 0 Å². The molecular formula is C11H27O3PSi. The van der Waals surface area contributed by atoms with Gasteiger partial charge in [0.2, 0.25) is 0 Å². The topological polar surface area (TPSA) is 35.5 Å². The fraction of sp³-hybridized carbons (Fsp3) is 1.00. The van der Waals surface area contributed by atoms with E-state index >= 15 is 0 Å². The van der Waals surface area contributed by atoms with Gasteiger partial charge in [0.25, 0.3) is 0 Å². The van der Waals surface area contributed by atoms with Gasteiger partial charge in [-0.2, -0.15) is 0 Å². The molecule has 0 aromatic rings. The zero-order valence-electron chi connectivity index (χ0n) is 11.4. The first-order valence-corrected chi connectivity index (χ1v) is 11.6. The second kappa shape index (κ2) is 7.65. The second-order valence-electron chi connectivity index (χ2n) is 5.22. The summed E-state index contributed by atoms with van der Waals surface area (Å²) in [7, 11) is -4.57. The highest BCUT2D eigenvalue weighted by atomic mass is 31.2. The standard InChI is InChI=1S/C11H27O3PSi/c1-6-7-8-9-10-11-13-15(2,12)14-16(3,4)5/h6-11H2,1-5H3. The Kier molecular flexibility index (Phi) is 7.82. The Hall–Kier alpha value is 0.367. The summed E-state index contributed by atoms with van der Waals surface area (Å²) in [6, 6.07) is 0. The molecule has 98 valence electrons. The monoisotopic (exact) mass is 266 g/mol. The van der Waals surface area contributed by atoms with E-state index in [9.17, 15) is 4.57 Å². The van der Waals surface area contributed by atoms with E-state index in [0.717, 1.165) is 12.8 Å². The predicted octanol–water partition coefficient (Wildman–Crippen LogP) is 4.65. The quantitative estimate of drug-likeness (QED) is 0.346. The molecule has 0 fully saturated rings. The third-order valence-corrected chi connectivity index (χ3v) is 6.18. The van der Waals surface area contributed by atoms with Crippen LogP contribution in [0.2, 0.25) is 19.6 Å². The number of hydrogen-bond acceptors (Lipinski definition) is 3. The molecule has 1 atom stereocenters. The molecule has 0 N–H and O–H groups in total. The highest BCUT2D eigenvalue weighted by Gasteiger charge is 2.26. The van der Waals surface area contributed by atoms with Gasteiger partial charge in [-0.1, -0.05) is 32.6 Å². The number of hydrogen-bond donors (Lipinski definition) is 0. The van der Waals surface area contributed by atoms with E-state index in [1.165, 1.54) is 19.3 Å². The fourth-order valence-electron chi connectivity index (χ4n) is 1.46. The molecule has 0 rings (SSSR count). The van der Waals surface area contributed by atoms with Crippen LogP contribution >= 0.6 is 7.60 Å². The summed E-state index contributed by atoms with van der Waals surface area (Å²) in [5.41, 5.74) is 0. The van der Waals surface area contributed by atoms with Crippen molar-refractivity contribution in [1.29, 1.82) is 0 Å². The molecule has 0 aliphatic heterocycles. The first kappa shape index (κ1) is 16.4. The second-order valence-corrected chi connectivity index (χ2v) is 12.0. The number of rotatable bonds is 9. The Morgan fingerprint density at radius 3 is 2.12 bits per heavy atom. The van der Waals surface area contributed by atoms with Crippen molar-refractivity contribution in [3.05, 3.63) is 0 Å². The molecule has 5 heteroatoms. The largest absolute Gasteiger partial charge is 0.351 e. The van der Waals surface area contributed by atoms with Gasteiger partial charge in [0.15, 0.2) is 8.32 Å².